The van der Waals surface area contributed by atoms with Crippen LogP contribution in [0.2, 0.25) is 0 Å². The van der Waals surface area contributed by atoms with Crippen molar-refractivity contribution in [3.05, 3.63) is 53.5 Å². The predicted octanol–water partition coefficient (Wildman–Crippen LogP) is 2.48. The second kappa shape index (κ2) is 6.64. The van der Waals surface area contributed by atoms with Crippen LogP contribution < -0.4 is 4.72 Å². The van der Waals surface area contributed by atoms with E-state index in [1.807, 2.05) is 38.1 Å². The predicted molar refractivity (Wildman–Crippen MR) is 86.2 cm³/mol. The van der Waals surface area contributed by atoms with Gasteiger partial charge in [0, 0.05) is 6.54 Å². The molecule has 0 saturated carbocycles. The summed E-state index contributed by atoms with van der Waals surface area (Å²) in [5, 5.41) is 0. The molecule has 0 radical (unpaired) electrons. The van der Waals surface area contributed by atoms with E-state index >= 15 is 0 Å². The van der Waals surface area contributed by atoms with Crippen molar-refractivity contribution in [2.24, 2.45) is 0 Å². The Hall–Kier alpha value is -1.63. The Morgan fingerprint density at radius 1 is 1.23 bits per heavy atom. The Bertz CT molecular complexity index is 722. The molecular formula is C16H22N2O3S. The minimum absolute atomic E-state index is 0.157. The number of hydrogen-bond donors (Lipinski definition) is 1. The monoisotopic (exact) mass is 322 g/mol. The Balaban J connectivity index is 2.18. The molecule has 0 bridgehead atoms. The number of aryl methyl sites for hydroxylation is 2. The molecule has 0 aliphatic rings. The summed E-state index contributed by atoms with van der Waals surface area (Å²) in [5.41, 5.74) is 1.78. The fraction of sp³-hybridized carbons (Fsp3) is 0.375. The summed E-state index contributed by atoms with van der Waals surface area (Å²) in [6.07, 6.45) is 1.59. The van der Waals surface area contributed by atoms with E-state index in [4.69, 9.17) is 4.42 Å². The lowest BCUT2D eigenvalue weighted by Gasteiger charge is -2.22. The molecule has 0 saturated heterocycles. The van der Waals surface area contributed by atoms with E-state index in [2.05, 4.69) is 4.72 Å². The first-order valence-electron chi connectivity index (χ1n) is 7.08. The quantitative estimate of drug-likeness (QED) is 0.887. The van der Waals surface area contributed by atoms with E-state index in [9.17, 15) is 8.42 Å². The largest absolute Gasteiger partial charge is 0.468 e. The van der Waals surface area contributed by atoms with Gasteiger partial charge in [0.05, 0.1) is 17.2 Å². The van der Waals surface area contributed by atoms with Gasteiger partial charge in [0.2, 0.25) is 10.0 Å². The lowest BCUT2D eigenvalue weighted by Crippen LogP contribution is -2.34. The first kappa shape index (κ1) is 16.7. The first-order valence-corrected chi connectivity index (χ1v) is 8.56. The third-order valence-corrected chi connectivity index (χ3v) is 5.17. The Labute approximate surface area is 132 Å². The fourth-order valence-electron chi connectivity index (χ4n) is 2.39. The molecule has 1 heterocycles. The molecule has 1 unspecified atom stereocenters. The van der Waals surface area contributed by atoms with Crippen molar-refractivity contribution in [2.75, 3.05) is 20.6 Å². The minimum atomic E-state index is -3.55. The second-order valence-corrected chi connectivity index (χ2v) is 7.35. The molecule has 1 aromatic heterocycles. The van der Waals surface area contributed by atoms with Gasteiger partial charge in [0.25, 0.3) is 0 Å². The van der Waals surface area contributed by atoms with Gasteiger partial charge in [-0.15, -0.1) is 0 Å². The summed E-state index contributed by atoms with van der Waals surface area (Å²) in [6, 6.07) is 8.79. The zero-order valence-corrected chi connectivity index (χ0v) is 14.1. The average molecular weight is 322 g/mol. The van der Waals surface area contributed by atoms with Crippen LogP contribution in [0.1, 0.15) is 22.9 Å². The van der Waals surface area contributed by atoms with E-state index in [1.54, 1.807) is 31.4 Å². The molecule has 22 heavy (non-hydrogen) atoms. The third-order valence-electron chi connectivity index (χ3n) is 3.58. The standard InChI is InChI=1S/C16H22N2O3S/c1-12-7-8-16(13(2)10-12)22(19,20)17-11-14(18(3)4)15-6-5-9-21-15/h5-10,14,17H,11H2,1-4H3. The molecule has 0 aliphatic heterocycles. The molecule has 0 spiro atoms. The molecule has 1 N–H and O–H groups in total. The first-order chi connectivity index (χ1) is 10.3. The van der Waals surface area contributed by atoms with Crippen molar-refractivity contribution in [1.29, 1.82) is 0 Å². The number of nitrogens with one attached hydrogen (secondary N) is 1. The van der Waals surface area contributed by atoms with Crippen LogP contribution in [0, 0.1) is 13.8 Å². The summed E-state index contributed by atoms with van der Waals surface area (Å²) >= 11 is 0. The van der Waals surface area contributed by atoms with Crippen molar-refractivity contribution in [2.45, 2.75) is 24.8 Å². The zero-order valence-electron chi connectivity index (χ0n) is 13.3. The third kappa shape index (κ3) is 3.76. The van der Waals surface area contributed by atoms with Crippen LogP contribution in [0.3, 0.4) is 0 Å². The normalized spacial score (nSPS) is 13.5. The Kier molecular flexibility index (Phi) is 5.05. The average Bonchev–Trinajstić information content (AvgIpc) is 2.91. The van der Waals surface area contributed by atoms with E-state index in [0.29, 0.717) is 4.90 Å². The van der Waals surface area contributed by atoms with Gasteiger partial charge in [-0.25, -0.2) is 13.1 Å². The molecule has 0 fully saturated rings. The summed E-state index contributed by atoms with van der Waals surface area (Å²) in [7, 11) is 0.229. The minimum Gasteiger partial charge on any atom is -0.468 e. The molecule has 0 aliphatic carbocycles. The van der Waals surface area contributed by atoms with Crippen LogP contribution in [0.5, 0.6) is 0 Å². The number of likely N-dealkylation sites (N-methyl/N-ethyl adjacent to an activating group) is 1. The molecule has 1 aromatic carbocycles. The summed E-state index contributed by atoms with van der Waals surface area (Å²) in [5.74, 6) is 0.730. The molecule has 2 aromatic rings. The van der Waals surface area contributed by atoms with Gasteiger partial charge < -0.3 is 4.42 Å². The van der Waals surface area contributed by atoms with Gasteiger partial charge in [0.15, 0.2) is 0 Å². The van der Waals surface area contributed by atoms with E-state index in [0.717, 1.165) is 16.9 Å². The highest BCUT2D eigenvalue weighted by Gasteiger charge is 2.22. The fourth-order valence-corrected chi connectivity index (χ4v) is 3.65. The van der Waals surface area contributed by atoms with Crippen LogP contribution in [-0.2, 0) is 10.0 Å². The zero-order chi connectivity index (χ0) is 16.3. The molecule has 6 heteroatoms. The van der Waals surface area contributed by atoms with Crippen LogP contribution in [0.15, 0.2) is 45.9 Å². The highest BCUT2D eigenvalue weighted by atomic mass is 32.2. The molecular weight excluding hydrogens is 300 g/mol. The van der Waals surface area contributed by atoms with Gasteiger partial charge in [-0.1, -0.05) is 17.7 Å². The van der Waals surface area contributed by atoms with Gasteiger partial charge >= 0.3 is 0 Å². The lowest BCUT2D eigenvalue weighted by molar-refractivity contribution is 0.259. The van der Waals surface area contributed by atoms with Crippen LogP contribution in [-0.4, -0.2) is 34.0 Å². The lowest BCUT2D eigenvalue weighted by atomic mass is 10.2. The van der Waals surface area contributed by atoms with E-state index in [-0.39, 0.29) is 12.6 Å². The van der Waals surface area contributed by atoms with Crippen LogP contribution in [0.4, 0.5) is 0 Å². The Morgan fingerprint density at radius 3 is 2.50 bits per heavy atom. The number of rotatable bonds is 6. The topological polar surface area (TPSA) is 62.6 Å². The van der Waals surface area contributed by atoms with Crippen molar-refractivity contribution >= 4 is 10.0 Å². The molecule has 0 amide bonds. The molecule has 2 rings (SSSR count). The van der Waals surface area contributed by atoms with Crippen LogP contribution >= 0.6 is 0 Å². The van der Waals surface area contributed by atoms with Gasteiger partial charge in [-0.2, -0.15) is 0 Å². The number of benzene rings is 1. The van der Waals surface area contributed by atoms with Crippen LogP contribution in [0.25, 0.3) is 0 Å². The second-order valence-electron chi connectivity index (χ2n) is 5.62. The molecule has 120 valence electrons. The molecule has 5 nitrogen and oxygen atoms in total. The maximum Gasteiger partial charge on any atom is 0.240 e. The Morgan fingerprint density at radius 2 is 1.95 bits per heavy atom. The number of sulfonamides is 1. The number of furan rings is 1. The highest BCUT2D eigenvalue weighted by molar-refractivity contribution is 7.89. The SMILES string of the molecule is Cc1ccc(S(=O)(=O)NCC(c2ccco2)N(C)C)c(C)c1. The highest BCUT2D eigenvalue weighted by Crippen LogP contribution is 2.20. The van der Waals surface area contributed by atoms with Gasteiger partial charge in [-0.05, 0) is 51.7 Å². The summed E-state index contributed by atoms with van der Waals surface area (Å²) < 4.78 is 33.1. The van der Waals surface area contributed by atoms with Gasteiger partial charge in [0.1, 0.15) is 5.76 Å². The maximum atomic E-state index is 12.5. The number of hydrogen-bond acceptors (Lipinski definition) is 4. The van der Waals surface area contributed by atoms with Gasteiger partial charge in [-0.3, -0.25) is 4.90 Å². The van der Waals surface area contributed by atoms with Crippen molar-refractivity contribution in [3.63, 3.8) is 0 Å². The van der Waals surface area contributed by atoms with E-state index in [1.165, 1.54) is 0 Å². The smallest absolute Gasteiger partial charge is 0.240 e. The van der Waals surface area contributed by atoms with Crippen molar-refractivity contribution in [1.82, 2.24) is 9.62 Å². The summed E-state index contributed by atoms with van der Waals surface area (Å²) in [4.78, 5) is 2.23. The number of nitrogens with zero attached hydrogens (tertiary/aromatic N) is 1. The molecule has 1 atom stereocenters. The summed E-state index contributed by atoms with van der Waals surface area (Å²) in [6.45, 7) is 3.99. The van der Waals surface area contributed by atoms with Crippen molar-refractivity contribution in [3.8, 4) is 0 Å². The van der Waals surface area contributed by atoms with E-state index < -0.39 is 10.0 Å². The maximum absolute atomic E-state index is 12.5. The van der Waals surface area contributed by atoms with Crippen molar-refractivity contribution < 1.29 is 12.8 Å².